The van der Waals surface area contributed by atoms with Crippen molar-refractivity contribution >= 4 is 17.6 Å². The summed E-state index contributed by atoms with van der Waals surface area (Å²) in [6.45, 7) is 3.88. The second kappa shape index (κ2) is 7.17. The van der Waals surface area contributed by atoms with Crippen molar-refractivity contribution in [3.63, 3.8) is 0 Å². The van der Waals surface area contributed by atoms with E-state index in [-0.39, 0.29) is 17.5 Å². The highest BCUT2D eigenvalue weighted by molar-refractivity contribution is 5.98. The van der Waals surface area contributed by atoms with Crippen LogP contribution in [0, 0.1) is 17.8 Å². The molecular formula is C22H31N3O2. The molecule has 27 heavy (non-hydrogen) atoms. The van der Waals surface area contributed by atoms with Crippen molar-refractivity contribution in [3.8, 4) is 0 Å². The summed E-state index contributed by atoms with van der Waals surface area (Å²) in [5.41, 5.74) is 2.03. The lowest BCUT2D eigenvalue weighted by molar-refractivity contribution is -0.120. The molecule has 4 aliphatic rings. The summed E-state index contributed by atoms with van der Waals surface area (Å²) in [7, 11) is 0. The summed E-state index contributed by atoms with van der Waals surface area (Å²) >= 11 is 0. The van der Waals surface area contributed by atoms with Crippen molar-refractivity contribution in [1.82, 2.24) is 10.6 Å². The van der Waals surface area contributed by atoms with E-state index in [2.05, 4.69) is 22.9 Å². The molecule has 1 aromatic carbocycles. The van der Waals surface area contributed by atoms with Crippen molar-refractivity contribution < 1.29 is 9.59 Å². The summed E-state index contributed by atoms with van der Waals surface area (Å²) in [6.07, 6.45) is 8.14. The van der Waals surface area contributed by atoms with E-state index in [0.29, 0.717) is 0 Å². The minimum atomic E-state index is -0.472. The van der Waals surface area contributed by atoms with Gasteiger partial charge in [-0.05, 0) is 81.3 Å². The predicted molar refractivity (Wildman–Crippen MR) is 106 cm³/mol. The number of amides is 3. The van der Waals surface area contributed by atoms with Crippen LogP contribution < -0.4 is 16.0 Å². The smallest absolute Gasteiger partial charge is 0.321 e. The van der Waals surface area contributed by atoms with Gasteiger partial charge in [0.1, 0.15) is 6.04 Å². The maximum atomic E-state index is 12.5. The Labute approximate surface area is 161 Å². The van der Waals surface area contributed by atoms with Gasteiger partial charge in [0.25, 0.3) is 0 Å². The molecule has 3 amide bonds. The standard InChI is InChI=1S/C22H31N3O2/c1-3-18-6-4-5-7-19(18)23-14(2)20(26)24-21(27)25-22-11-15-8-16(12-22)10-17(9-15)13-22/h4-7,14-17,23H,3,8-13H2,1-2H3,(H2,24,25,26,27)/t14-,15?,16?,17?,22?/m0/s1. The summed E-state index contributed by atoms with van der Waals surface area (Å²) < 4.78 is 0. The molecule has 0 radical (unpaired) electrons. The zero-order valence-electron chi connectivity index (χ0n) is 16.4. The molecule has 4 fully saturated rings. The monoisotopic (exact) mass is 369 g/mol. The zero-order chi connectivity index (χ0) is 19.0. The van der Waals surface area contributed by atoms with Crippen LogP contribution in [-0.2, 0) is 11.2 Å². The number of para-hydroxylation sites is 1. The molecule has 146 valence electrons. The van der Waals surface area contributed by atoms with Crippen molar-refractivity contribution in [2.45, 2.75) is 70.4 Å². The molecule has 5 nitrogen and oxygen atoms in total. The van der Waals surface area contributed by atoms with Gasteiger partial charge in [-0.2, -0.15) is 0 Å². The first-order valence-corrected chi connectivity index (χ1v) is 10.4. The third-order valence-electron chi connectivity index (χ3n) is 6.82. The molecule has 4 saturated carbocycles. The normalized spacial score (nSPS) is 32.0. The SMILES string of the molecule is CCc1ccccc1N[C@@H](C)C(=O)NC(=O)NC12CC3CC(CC(C3)C1)C2. The van der Waals surface area contributed by atoms with Gasteiger partial charge in [0.15, 0.2) is 0 Å². The summed E-state index contributed by atoms with van der Waals surface area (Å²) in [5, 5.41) is 8.99. The van der Waals surface area contributed by atoms with Crippen LogP contribution in [0.1, 0.15) is 57.9 Å². The Balaban J connectivity index is 1.33. The Morgan fingerprint density at radius 1 is 1.07 bits per heavy atom. The zero-order valence-corrected chi connectivity index (χ0v) is 16.4. The molecule has 1 aromatic rings. The molecule has 3 N–H and O–H groups in total. The molecule has 4 bridgehead atoms. The first kappa shape index (κ1) is 18.3. The molecule has 5 rings (SSSR count). The number of carbonyl (C=O) groups is 2. The van der Waals surface area contributed by atoms with Crippen molar-refractivity contribution in [2.75, 3.05) is 5.32 Å². The Hall–Kier alpha value is -2.04. The average Bonchev–Trinajstić information content (AvgIpc) is 2.60. The minimum absolute atomic E-state index is 0.0788. The number of benzene rings is 1. The van der Waals surface area contributed by atoms with Crippen molar-refractivity contribution in [2.24, 2.45) is 17.8 Å². The van der Waals surface area contributed by atoms with Gasteiger partial charge in [-0.25, -0.2) is 4.79 Å². The molecule has 0 aromatic heterocycles. The molecule has 0 unspecified atom stereocenters. The number of carbonyl (C=O) groups excluding carboxylic acids is 2. The van der Waals surface area contributed by atoms with E-state index in [4.69, 9.17) is 0 Å². The van der Waals surface area contributed by atoms with E-state index in [0.717, 1.165) is 54.7 Å². The van der Waals surface area contributed by atoms with Gasteiger partial charge >= 0.3 is 6.03 Å². The van der Waals surface area contributed by atoms with Gasteiger partial charge in [0.2, 0.25) is 5.91 Å². The number of imide groups is 1. The largest absolute Gasteiger partial charge is 0.374 e. The highest BCUT2D eigenvalue weighted by Crippen LogP contribution is 2.55. The number of urea groups is 1. The van der Waals surface area contributed by atoms with Crippen LogP contribution in [0.15, 0.2) is 24.3 Å². The molecule has 0 saturated heterocycles. The lowest BCUT2D eigenvalue weighted by Gasteiger charge is -2.56. The second-order valence-corrected chi connectivity index (χ2v) is 9.02. The lowest BCUT2D eigenvalue weighted by atomic mass is 9.53. The molecule has 0 spiro atoms. The number of aryl methyl sites for hydroxylation is 1. The minimum Gasteiger partial charge on any atom is -0.374 e. The number of anilines is 1. The highest BCUT2D eigenvalue weighted by Gasteiger charge is 2.51. The summed E-state index contributed by atoms with van der Waals surface area (Å²) in [6, 6.07) is 7.16. The van der Waals surface area contributed by atoms with Crippen molar-refractivity contribution in [3.05, 3.63) is 29.8 Å². The van der Waals surface area contributed by atoms with Crippen LogP contribution in [0.25, 0.3) is 0 Å². The van der Waals surface area contributed by atoms with Crippen LogP contribution in [-0.4, -0.2) is 23.5 Å². The maximum Gasteiger partial charge on any atom is 0.321 e. The number of hydrogen-bond acceptors (Lipinski definition) is 3. The van der Waals surface area contributed by atoms with Crippen LogP contribution in [0.4, 0.5) is 10.5 Å². The second-order valence-electron chi connectivity index (χ2n) is 9.02. The van der Waals surface area contributed by atoms with Gasteiger partial charge in [0.05, 0.1) is 0 Å². The van der Waals surface area contributed by atoms with E-state index >= 15 is 0 Å². The van der Waals surface area contributed by atoms with Gasteiger partial charge < -0.3 is 10.6 Å². The molecular weight excluding hydrogens is 338 g/mol. The van der Waals surface area contributed by atoms with Crippen LogP contribution in [0.3, 0.4) is 0 Å². The Morgan fingerprint density at radius 2 is 1.67 bits per heavy atom. The topological polar surface area (TPSA) is 70.2 Å². The molecule has 0 heterocycles. The van der Waals surface area contributed by atoms with Crippen LogP contribution in [0.2, 0.25) is 0 Å². The molecule has 4 aliphatic carbocycles. The van der Waals surface area contributed by atoms with Gasteiger partial charge in [-0.1, -0.05) is 25.1 Å². The third kappa shape index (κ3) is 3.83. The van der Waals surface area contributed by atoms with E-state index in [1.165, 1.54) is 19.3 Å². The lowest BCUT2D eigenvalue weighted by Crippen LogP contribution is -2.62. The third-order valence-corrected chi connectivity index (χ3v) is 6.82. The van der Waals surface area contributed by atoms with E-state index in [9.17, 15) is 9.59 Å². The van der Waals surface area contributed by atoms with E-state index in [1.54, 1.807) is 6.92 Å². The Bertz CT molecular complexity index is 695. The fourth-order valence-corrected chi connectivity index (χ4v) is 6.02. The predicted octanol–water partition coefficient (Wildman–Crippen LogP) is 3.84. The molecule has 1 atom stereocenters. The van der Waals surface area contributed by atoms with Gasteiger partial charge in [-0.15, -0.1) is 0 Å². The summed E-state index contributed by atoms with van der Waals surface area (Å²) in [4.78, 5) is 25.1. The van der Waals surface area contributed by atoms with Crippen LogP contribution in [0.5, 0.6) is 0 Å². The Kier molecular flexibility index (Phi) is 4.87. The van der Waals surface area contributed by atoms with Gasteiger partial charge in [0, 0.05) is 11.2 Å². The fourth-order valence-electron chi connectivity index (χ4n) is 6.02. The first-order chi connectivity index (χ1) is 13.0. The number of rotatable bonds is 5. The van der Waals surface area contributed by atoms with E-state index < -0.39 is 6.04 Å². The number of nitrogens with one attached hydrogen (secondary N) is 3. The fraction of sp³-hybridized carbons (Fsp3) is 0.636. The highest BCUT2D eigenvalue weighted by atomic mass is 16.2. The van der Waals surface area contributed by atoms with E-state index in [1.807, 2.05) is 24.3 Å². The Morgan fingerprint density at radius 3 is 2.26 bits per heavy atom. The number of hydrogen-bond donors (Lipinski definition) is 3. The first-order valence-electron chi connectivity index (χ1n) is 10.4. The summed E-state index contributed by atoms with van der Waals surface area (Å²) in [5.74, 6) is 2.00. The molecule has 0 aliphatic heterocycles. The quantitative estimate of drug-likeness (QED) is 0.738. The van der Waals surface area contributed by atoms with Crippen LogP contribution >= 0.6 is 0 Å². The average molecular weight is 370 g/mol. The molecule has 5 heteroatoms. The van der Waals surface area contributed by atoms with Gasteiger partial charge in [-0.3, -0.25) is 10.1 Å². The van der Waals surface area contributed by atoms with Crippen molar-refractivity contribution in [1.29, 1.82) is 0 Å². The maximum absolute atomic E-state index is 12.5.